The van der Waals surface area contributed by atoms with E-state index < -0.39 is 7.14 Å². The van der Waals surface area contributed by atoms with Crippen LogP contribution in [0, 0.1) is 0 Å². The second kappa shape index (κ2) is 8.75. The lowest BCUT2D eigenvalue weighted by Crippen LogP contribution is -2.41. The molecule has 0 aliphatic carbocycles. The zero-order valence-electron chi connectivity index (χ0n) is 15.6. The second-order valence-electron chi connectivity index (χ2n) is 6.91. The minimum Gasteiger partial charge on any atom is -0.379 e. The van der Waals surface area contributed by atoms with Crippen molar-refractivity contribution in [3.63, 3.8) is 0 Å². The fourth-order valence-corrected chi connectivity index (χ4v) is 7.65. The number of halogens is 1. The third-order valence-corrected chi connectivity index (χ3v) is 9.10. The van der Waals surface area contributed by atoms with Crippen molar-refractivity contribution in [3.8, 4) is 0 Å². The highest BCUT2D eigenvalue weighted by Gasteiger charge is 2.41. The molecule has 1 heterocycles. The van der Waals surface area contributed by atoms with E-state index in [-0.39, 0.29) is 5.78 Å². The van der Waals surface area contributed by atoms with Crippen LogP contribution in [0.3, 0.4) is 0 Å². The fraction of sp³-hybridized carbons (Fsp3) is 0.217. The van der Waals surface area contributed by atoms with Crippen LogP contribution in [-0.4, -0.2) is 31.2 Å². The Balaban J connectivity index is 1.95. The molecule has 0 unspecified atom stereocenters. The Morgan fingerprint density at radius 3 is 1.93 bits per heavy atom. The maximum Gasteiger partial charge on any atom is 0.163 e. The van der Waals surface area contributed by atoms with Gasteiger partial charge in [0.15, 0.2) is 7.14 Å². The largest absolute Gasteiger partial charge is 0.379 e. The molecule has 0 radical (unpaired) electrons. The van der Waals surface area contributed by atoms with E-state index in [4.69, 9.17) is 4.74 Å². The van der Waals surface area contributed by atoms with Crippen LogP contribution in [-0.2, 0) is 9.30 Å². The Morgan fingerprint density at radius 2 is 1.39 bits per heavy atom. The van der Waals surface area contributed by atoms with Crippen LogP contribution in [0.15, 0.2) is 89.4 Å². The lowest BCUT2D eigenvalue weighted by atomic mass is 10.2. The number of nitrogens with zero attached hydrogens (tertiary/aromatic N) is 1. The molecule has 3 nitrogen and oxygen atoms in total. The zero-order valence-corrected chi connectivity index (χ0v) is 18.1. The molecule has 0 N–H and O–H groups in total. The number of benzene rings is 3. The minimum atomic E-state index is -2.99. The van der Waals surface area contributed by atoms with E-state index in [1.165, 1.54) is 0 Å². The summed E-state index contributed by atoms with van der Waals surface area (Å²) in [6.45, 7) is 2.85. The molecule has 4 rings (SSSR count). The Labute approximate surface area is 174 Å². The molecule has 5 heteroatoms. The van der Waals surface area contributed by atoms with Gasteiger partial charge in [-0.1, -0.05) is 88.7 Å². The first-order chi connectivity index (χ1) is 13.7. The van der Waals surface area contributed by atoms with Gasteiger partial charge in [0.2, 0.25) is 0 Å². The summed E-state index contributed by atoms with van der Waals surface area (Å²) in [5.41, 5.74) is 1.06. The molecule has 28 heavy (non-hydrogen) atoms. The Bertz CT molecular complexity index is 915. The SMILES string of the molecule is O=P(c1ccccc1)(c1ccccc1)[C@H](c1cccc(Br)c1)N1CCOCC1. The van der Waals surface area contributed by atoms with E-state index in [9.17, 15) is 0 Å². The highest BCUT2D eigenvalue weighted by molar-refractivity contribution is 9.10. The van der Waals surface area contributed by atoms with Crippen LogP contribution in [0.4, 0.5) is 0 Å². The van der Waals surface area contributed by atoms with Gasteiger partial charge in [0.25, 0.3) is 0 Å². The summed E-state index contributed by atoms with van der Waals surface area (Å²) in [7, 11) is -2.99. The molecule has 0 aromatic heterocycles. The summed E-state index contributed by atoms with van der Waals surface area (Å²) in [4.78, 5) is 2.33. The topological polar surface area (TPSA) is 29.5 Å². The van der Waals surface area contributed by atoms with Gasteiger partial charge in [0, 0.05) is 28.2 Å². The van der Waals surface area contributed by atoms with Crippen molar-refractivity contribution < 1.29 is 9.30 Å². The van der Waals surface area contributed by atoms with Crippen molar-refractivity contribution >= 4 is 33.7 Å². The van der Waals surface area contributed by atoms with Crippen LogP contribution in [0.2, 0.25) is 0 Å². The highest BCUT2D eigenvalue weighted by Crippen LogP contribution is 2.58. The van der Waals surface area contributed by atoms with Gasteiger partial charge < -0.3 is 9.30 Å². The van der Waals surface area contributed by atoms with E-state index >= 15 is 4.57 Å². The van der Waals surface area contributed by atoms with Gasteiger partial charge in [0.1, 0.15) is 0 Å². The molecule has 1 aliphatic heterocycles. The van der Waals surface area contributed by atoms with Gasteiger partial charge in [-0.2, -0.15) is 0 Å². The Morgan fingerprint density at radius 1 is 0.821 bits per heavy atom. The second-order valence-corrected chi connectivity index (χ2v) is 10.7. The highest BCUT2D eigenvalue weighted by atomic mass is 79.9. The average molecular weight is 456 g/mol. The summed E-state index contributed by atoms with van der Waals surface area (Å²) in [5.74, 6) is -0.237. The number of hydrogen-bond acceptors (Lipinski definition) is 3. The molecule has 0 saturated carbocycles. The van der Waals surface area contributed by atoms with Gasteiger partial charge >= 0.3 is 0 Å². The monoisotopic (exact) mass is 455 g/mol. The van der Waals surface area contributed by atoms with Crippen molar-refractivity contribution in [1.29, 1.82) is 0 Å². The van der Waals surface area contributed by atoms with Crippen LogP contribution in [0.25, 0.3) is 0 Å². The standard InChI is InChI=1S/C23H23BrNO2P/c24-20-9-7-8-19(18-20)23(25-14-16-27-17-15-25)28(26,21-10-3-1-4-11-21)22-12-5-2-6-13-22/h1-13,18,23H,14-17H2/t23-/m1/s1. The molecule has 1 aliphatic rings. The minimum absolute atomic E-state index is 0.237. The molecule has 1 fully saturated rings. The third-order valence-electron chi connectivity index (χ3n) is 5.16. The van der Waals surface area contributed by atoms with Crippen molar-refractivity contribution in [3.05, 3.63) is 95.0 Å². The Kier molecular flexibility index (Phi) is 6.13. The summed E-state index contributed by atoms with van der Waals surface area (Å²) in [6.07, 6.45) is 0. The molecule has 0 bridgehead atoms. The molecular weight excluding hydrogens is 433 g/mol. The van der Waals surface area contributed by atoms with E-state index in [2.05, 4.69) is 33.0 Å². The first kappa shape index (κ1) is 19.6. The molecule has 0 spiro atoms. The number of morpholine rings is 1. The molecule has 1 saturated heterocycles. The van der Waals surface area contributed by atoms with Crippen molar-refractivity contribution in [2.75, 3.05) is 26.3 Å². The van der Waals surface area contributed by atoms with Crippen LogP contribution >= 0.6 is 23.1 Å². The van der Waals surface area contributed by atoms with Gasteiger partial charge in [0.05, 0.1) is 19.0 Å². The summed E-state index contributed by atoms with van der Waals surface area (Å²) < 4.78 is 21.6. The van der Waals surface area contributed by atoms with E-state index in [1.54, 1.807) is 0 Å². The normalized spacial score (nSPS) is 16.6. The third kappa shape index (κ3) is 3.88. The van der Waals surface area contributed by atoms with Crippen LogP contribution in [0.5, 0.6) is 0 Å². The maximum atomic E-state index is 15.0. The summed E-state index contributed by atoms with van der Waals surface area (Å²) in [5, 5.41) is 1.77. The first-order valence-corrected chi connectivity index (χ1v) is 12.0. The molecule has 3 aromatic rings. The van der Waals surface area contributed by atoms with E-state index in [0.29, 0.717) is 13.2 Å². The predicted octanol–water partition coefficient (Wildman–Crippen LogP) is 4.79. The number of rotatable bonds is 5. The van der Waals surface area contributed by atoms with Gasteiger partial charge in [-0.15, -0.1) is 0 Å². The van der Waals surface area contributed by atoms with Crippen LogP contribution in [0.1, 0.15) is 11.3 Å². The predicted molar refractivity (Wildman–Crippen MR) is 119 cm³/mol. The average Bonchev–Trinajstić information content (AvgIpc) is 2.76. The number of ether oxygens (including phenoxy) is 1. The van der Waals surface area contributed by atoms with Gasteiger partial charge in [-0.25, -0.2) is 0 Å². The lowest BCUT2D eigenvalue weighted by Gasteiger charge is -2.39. The Hall–Kier alpha value is -1.71. The molecule has 1 atom stereocenters. The molecule has 144 valence electrons. The maximum absolute atomic E-state index is 15.0. The molecule has 3 aromatic carbocycles. The van der Waals surface area contributed by atoms with Crippen LogP contribution < -0.4 is 10.6 Å². The zero-order chi connectivity index (χ0) is 19.4. The quantitative estimate of drug-likeness (QED) is 0.517. The smallest absolute Gasteiger partial charge is 0.163 e. The number of hydrogen-bond donors (Lipinski definition) is 0. The van der Waals surface area contributed by atoms with Gasteiger partial charge in [-0.05, 0) is 17.7 Å². The van der Waals surface area contributed by atoms with E-state index in [0.717, 1.165) is 33.7 Å². The first-order valence-electron chi connectivity index (χ1n) is 9.48. The lowest BCUT2D eigenvalue weighted by molar-refractivity contribution is 0.0308. The van der Waals surface area contributed by atoms with Crippen molar-refractivity contribution in [2.24, 2.45) is 0 Å². The molecule has 0 amide bonds. The van der Waals surface area contributed by atoms with Crippen molar-refractivity contribution in [1.82, 2.24) is 4.90 Å². The fourth-order valence-electron chi connectivity index (χ4n) is 3.87. The van der Waals surface area contributed by atoms with Gasteiger partial charge in [-0.3, -0.25) is 4.90 Å². The summed E-state index contributed by atoms with van der Waals surface area (Å²) >= 11 is 3.60. The van der Waals surface area contributed by atoms with Crippen molar-refractivity contribution in [2.45, 2.75) is 5.78 Å². The summed E-state index contributed by atoms with van der Waals surface area (Å²) in [6, 6.07) is 28.1. The molecular formula is C23H23BrNO2P. The van der Waals surface area contributed by atoms with E-state index in [1.807, 2.05) is 72.8 Å².